The Hall–Kier alpha value is -0.930. The summed E-state index contributed by atoms with van der Waals surface area (Å²) < 4.78 is 0. The van der Waals surface area contributed by atoms with Crippen molar-refractivity contribution in [3.8, 4) is 0 Å². The summed E-state index contributed by atoms with van der Waals surface area (Å²) in [6.07, 6.45) is 1.23. The summed E-state index contributed by atoms with van der Waals surface area (Å²) in [4.78, 5) is 7.13. The van der Waals surface area contributed by atoms with Gasteiger partial charge in [0.1, 0.15) is 0 Å². The quantitative estimate of drug-likeness (QED) is 0.786. The Bertz CT molecular complexity index is 602. The molecular formula is C16H19ClN2S. The van der Waals surface area contributed by atoms with Crippen LogP contribution < -0.4 is 4.90 Å². The molecule has 1 unspecified atom stereocenters. The van der Waals surface area contributed by atoms with Crippen LogP contribution in [0.5, 0.6) is 0 Å². The highest BCUT2D eigenvalue weighted by atomic mass is 35.5. The SMILES string of the molecule is CCC1CN(c2cc(CCl)nc3ccccc23)CCS1. The lowest BCUT2D eigenvalue weighted by atomic mass is 10.1. The molecule has 1 aliphatic rings. The lowest BCUT2D eigenvalue weighted by Crippen LogP contribution is -2.37. The number of nitrogens with zero attached hydrogens (tertiary/aromatic N) is 2. The van der Waals surface area contributed by atoms with Crippen LogP contribution in [0.3, 0.4) is 0 Å². The van der Waals surface area contributed by atoms with Gasteiger partial charge in [-0.3, -0.25) is 4.98 Å². The number of aromatic nitrogens is 1. The van der Waals surface area contributed by atoms with Gasteiger partial charge >= 0.3 is 0 Å². The van der Waals surface area contributed by atoms with Crippen molar-refractivity contribution in [2.24, 2.45) is 0 Å². The largest absolute Gasteiger partial charge is 0.369 e. The molecule has 0 amide bonds. The molecular weight excluding hydrogens is 288 g/mol. The standard InChI is InChI=1S/C16H19ClN2S/c1-2-13-11-19(7-8-20-13)16-9-12(10-17)18-15-6-4-3-5-14(15)16/h3-6,9,13H,2,7-8,10-11H2,1H3. The van der Waals surface area contributed by atoms with Crippen molar-refractivity contribution >= 4 is 40.0 Å². The summed E-state index contributed by atoms with van der Waals surface area (Å²) in [6.45, 7) is 4.50. The van der Waals surface area contributed by atoms with Crippen molar-refractivity contribution in [1.82, 2.24) is 4.98 Å². The molecule has 4 heteroatoms. The molecule has 0 aliphatic carbocycles. The van der Waals surface area contributed by atoms with E-state index >= 15 is 0 Å². The molecule has 1 aliphatic heterocycles. The van der Waals surface area contributed by atoms with E-state index in [4.69, 9.17) is 11.6 Å². The molecule has 2 aromatic rings. The zero-order valence-corrected chi connectivity index (χ0v) is 13.3. The molecule has 1 aromatic heterocycles. The molecule has 2 heterocycles. The fourth-order valence-corrected chi connectivity index (χ4v) is 4.04. The number of hydrogen-bond acceptors (Lipinski definition) is 3. The summed E-state index contributed by atoms with van der Waals surface area (Å²) in [6, 6.07) is 10.5. The molecule has 1 fully saturated rings. The second-order valence-corrected chi connectivity index (χ2v) is 6.81. The van der Waals surface area contributed by atoms with Crippen molar-refractivity contribution in [3.63, 3.8) is 0 Å². The molecule has 0 bridgehead atoms. The van der Waals surface area contributed by atoms with Gasteiger partial charge in [0, 0.05) is 35.2 Å². The first kappa shape index (κ1) is 14.0. The summed E-state index contributed by atoms with van der Waals surface area (Å²) in [5, 5.41) is 1.97. The van der Waals surface area contributed by atoms with E-state index in [1.54, 1.807) is 0 Å². The molecule has 0 radical (unpaired) electrons. The Kier molecular flexibility index (Phi) is 4.37. The third kappa shape index (κ3) is 2.75. The van der Waals surface area contributed by atoms with E-state index in [1.807, 2.05) is 6.07 Å². The van der Waals surface area contributed by atoms with Gasteiger partial charge in [-0.15, -0.1) is 11.6 Å². The van der Waals surface area contributed by atoms with E-state index in [2.05, 4.69) is 52.8 Å². The van der Waals surface area contributed by atoms with Gasteiger partial charge in [0.15, 0.2) is 0 Å². The van der Waals surface area contributed by atoms with Crippen LogP contribution in [0.4, 0.5) is 5.69 Å². The van der Waals surface area contributed by atoms with Gasteiger partial charge in [-0.25, -0.2) is 0 Å². The van der Waals surface area contributed by atoms with Gasteiger partial charge < -0.3 is 4.90 Å². The van der Waals surface area contributed by atoms with Crippen LogP contribution in [-0.2, 0) is 5.88 Å². The maximum absolute atomic E-state index is 6.01. The Labute approximate surface area is 129 Å². The van der Waals surface area contributed by atoms with E-state index in [1.165, 1.54) is 23.2 Å². The van der Waals surface area contributed by atoms with Crippen molar-refractivity contribution in [2.75, 3.05) is 23.7 Å². The minimum Gasteiger partial charge on any atom is -0.369 e. The van der Waals surface area contributed by atoms with E-state index in [-0.39, 0.29) is 0 Å². The average molecular weight is 307 g/mol. The lowest BCUT2D eigenvalue weighted by Gasteiger charge is -2.34. The lowest BCUT2D eigenvalue weighted by molar-refractivity contribution is 0.729. The van der Waals surface area contributed by atoms with Crippen LogP contribution >= 0.6 is 23.4 Å². The molecule has 106 valence electrons. The highest BCUT2D eigenvalue weighted by Gasteiger charge is 2.21. The number of pyridine rings is 1. The molecule has 0 spiro atoms. The van der Waals surface area contributed by atoms with E-state index in [9.17, 15) is 0 Å². The minimum atomic E-state index is 0.470. The van der Waals surface area contributed by atoms with Crippen molar-refractivity contribution in [3.05, 3.63) is 36.0 Å². The number of thioether (sulfide) groups is 1. The third-order valence-corrected chi connectivity index (χ3v) is 5.47. The molecule has 20 heavy (non-hydrogen) atoms. The molecule has 1 saturated heterocycles. The smallest absolute Gasteiger partial charge is 0.0726 e. The minimum absolute atomic E-state index is 0.470. The van der Waals surface area contributed by atoms with Crippen molar-refractivity contribution in [2.45, 2.75) is 24.5 Å². The normalized spacial score (nSPS) is 19.5. The summed E-state index contributed by atoms with van der Waals surface area (Å²) in [5.74, 6) is 1.67. The second kappa shape index (κ2) is 6.23. The zero-order chi connectivity index (χ0) is 13.9. The number of anilines is 1. The van der Waals surface area contributed by atoms with E-state index in [0.717, 1.165) is 29.6 Å². The van der Waals surface area contributed by atoms with Crippen LogP contribution in [0.25, 0.3) is 10.9 Å². The number of halogens is 1. The monoisotopic (exact) mass is 306 g/mol. The fraction of sp³-hybridized carbons (Fsp3) is 0.438. The molecule has 0 N–H and O–H groups in total. The number of fused-ring (bicyclic) bond motifs is 1. The first-order valence-corrected chi connectivity index (χ1v) is 8.71. The second-order valence-electron chi connectivity index (χ2n) is 5.13. The number of alkyl halides is 1. The number of hydrogen-bond donors (Lipinski definition) is 0. The third-order valence-electron chi connectivity index (χ3n) is 3.82. The number of benzene rings is 1. The van der Waals surface area contributed by atoms with Crippen molar-refractivity contribution < 1.29 is 0 Å². The maximum atomic E-state index is 6.01. The van der Waals surface area contributed by atoms with Gasteiger partial charge in [0.25, 0.3) is 0 Å². The van der Waals surface area contributed by atoms with Gasteiger partial charge in [-0.05, 0) is 18.6 Å². The molecule has 2 nitrogen and oxygen atoms in total. The Morgan fingerprint density at radius 1 is 1.40 bits per heavy atom. The van der Waals surface area contributed by atoms with Gasteiger partial charge in [-0.1, -0.05) is 25.1 Å². The molecule has 3 rings (SSSR count). The first-order valence-electron chi connectivity index (χ1n) is 7.13. The highest BCUT2D eigenvalue weighted by Crippen LogP contribution is 2.31. The maximum Gasteiger partial charge on any atom is 0.0726 e. The van der Waals surface area contributed by atoms with E-state index in [0.29, 0.717) is 5.88 Å². The van der Waals surface area contributed by atoms with Crippen LogP contribution in [-0.4, -0.2) is 29.1 Å². The van der Waals surface area contributed by atoms with Crippen molar-refractivity contribution in [1.29, 1.82) is 0 Å². The Balaban J connectivity index is 2.04. The van der Waals surface area contributed by atoms with Crippen LogP contribution in [0, 0.1) is 0 Å². The highest BCUT2D eigenvalue weighted by molar-refractivity contribution is 8.00. The number of para-hydroxylation sites is 1. The summed E-state index contributed by atoms with van der Waals surface area (Å²) >= 11 is 8.10. The van der Waals surface area contributed by atoms with Crippen LogP contribution in [0.15, 0.2) is 30.3 Å². The van der Waals surface area contributed by atoms with Crippen LogP contribution in [0.1, 0.15) is 19.0 Å². The topological polar surface area (TPSA) is 16.1 Å². The predicted molar refractivity (Wildman–Crippen MR) is 90.1 cm³/mol. The zero-order valence-electron chi connectivity index (χ0n) is 11.7. The van der Waals surface area contributed by atoms with Gasteiger partial charge in [0.2, 0.25) is 0 Å². The van der Waals surface area contributed by atoms with Gasteiger partial charge in [0.05, 0.1) is 17.1 Å². The average Bonchev–Trinajstić information content (AvgIpc) is 2.53. The fourth-order valence-electron chi connectivity index (χ4n) is 2.73. The van der Waals surface area contributed by atoms with Gasteiger partial charge in [-0.2, -0.15) is 11.8 Å². The molecule has 1 atom stereocenters. The van der Waals surface area contributed by atoms with E-state index < -0.39 is 0 Å². The summed E-state index contributed by atoms with van der Waals surface area (Å²) in [7, 11) is 0. The Morgan fingerprint density at radius 3 is 3.05 bits per heavy atom. The molecule has 1 aromatic carbocycles. The predicted octanol–water partition coefficient (Wildman–Crippen LogP) is 4.31. The first-order chi connectivity index (χ1) is 9.81. The number of rotatable bonds is 3. The Morgan fingerprint density at radius 2 is 2.25 bits per heavy atom. The van der Waals surface area contributed by atoms with Crippen LogP contribution in [0.2, 0.25) is 0 Å². The summed E-state index contributed by atoms with van der Waals surface area (Å²) in [5.41, 5.74) is 3.31. The molecule has 0 saturated carbocycles.